The van der Waals surface area contributed by atoms with Gasteiger partial charge in [0.05, 0.1) is 4.90 Å². The number of primary amides is 1. The van der Waals surface area contributed by atoms with Crippen LogP contribution in [0.3, 0.4) is 0 Å². The molecule has 0 aliphatic rings. The third-order valence-electron chi connectivity index (χ3n) is 4.87. The lowest BCUT2D eigenvalue weighted by atomic mass is 9.93. The molecule has 0 aliphatic carbocycles. The van der Waals surface area contributed by atoms with E-state index in [1.807, 2.05) is 26.0 Å². The Morgan fingerprint density at radius 3 is 1.93 bits per heavy atom. The van der Waals surface area contributed by atoms with E-state index in [4.69, 9.17) is 5.73 Å². The van der Waals surface area contributed by atoms with Gasteiger partial charge >= 0.3 is 0 Å². The van der Waals surface area contributed by atoms with Crippen molar-refractivity contribution in [2.24, 2.45) is 11.7 Å². The summed E-state index contributed by atoms with van der Waals surface area (Å²) in [5.41, 5.74) is 7.65. The molecule has 0 spiro atoms. The van der Waals surface area contributed by atoms with E-state index in [0.717, 1.165) is 12.0 Å². The van der Waals surface area contributed by atoms with Gasteiger partial charge in [-0.05, 0) is 53.6 Å². The average Bonchev–Trinajstić information content (AvgIpc) is 2.65. The summed E-state index contributed by atoms with van der Waals surface area (Å²) in [6.45, 7) is 8.28. The molecule has 0 aromatic heterocycles. The number of carbonyl (C=O) groups is 1. The van der Waals surface area contributed by atoms with Crippen molar-refractivity contribution >= 4 is 15.9 Å². The van der Waals surface area contributed by atoms with Crippen molar-refractivity contribution in [2.75, 3.05) is 0 Å². The number of carbonyl (C=O) groups excluding carboxylic acids is 1. The Labute approximate surface area is 162 Å². The van der Waals surface area contributed by atoms with Gasteiger partial charge in [-0.1, -0.05) is 52.0 Å². The van der Waals surface area contributed by atoms with Gasteiger partial charge in [0.15, 0.2) is 0 Å². The Hall–Kier alpha value is -2.18. The summed E-state index contributed by atoms with van der Waals surface area (Å²) in [7, 11) is -3.73. The first-order valence-corrected chi connectivity index (χ1v) is 10.7. The highest BCUT2D eigenvalue weighted by atomic mass is 32.2. The molecular formula is C21H28N2O3S. The van der Waals surface area contributed by atoms with Crippen molar-refractivity contribution in [2.45, 2.75) is 51.0 Å². The first-order valence-electron chi connectivity index (χ1n) is 9.17. The Morgan fingerprint density at radius 1 is 0.963 bits per heavy atom. The molecule has 0 saturated heterocycles. The van der Waals surface area contributed by atoms with Gasteiger partial charge in [-0.15, -0.1) is 0 Å². The molecule has 146 valence electrons. The van der Waals surface area contributed by atoms with Gasteiger partial charge in [-0.25, -0.2) is 13.1 Å². The van der Waals surface area contributed by atoms with E-state index < -0.39 is 15.9 Å². The van der Waals surface area contributed by atoms with Crippen LogP contribution in [0.4, 0.5) is 0 Å². The number of amides is 1. The SMILES string of the molecule is CCC(C)c1ccc(C(NS(=O)(=O)c2ccc(C(N)=O)cc2)C(C)C)cc1. The second-order valence-corrected chi connectivity index (χ2v) is 8.92. The van der Waals surface area contributed by atoms with Gasteiger partial charge in [0.1, 0.15) is 0 Å². The molecule has 2 aromatic carbocycles. The molecule has 0 fully saturated rings. The molecule has 0 bridgehead atoms. The summed E-state index contributed by atoms with van der Waals surface area (Å²) in [5, 5.41) is 0. The summed E-state index contributed by atoms with van der Waals surface area (Å²) >= 11 is 0. The van der Waals surface area contributed by atoms with Crippen LogP contribution in [0.2, 0.25) is 0 Å². The monoisotopic (exact) mass is 388 g/mol. The molecule has 0 radical (unpaired) electrons. The summed E-state index contributed by atoms with van der Waals surface area (Å²) < 4.78 is 28.4. The molecule has 2 unspecified atom stereocenters. The Kier molecular flexibility index (Phi) is 6.78. The highest BCUT2D eigenvalue weighted by molar-refractivity contribution is 7.89. The van der Waals surface area contributed by atoms with Crippen LogP contribution in [-0.4, -0.2) is 14.3 Å². The lowest BCUT2D eigenvalue weighted by molar-refractivity contribution is 0.1000. The molecular weight excluding hydrogens is 360 g/mol. The van der Waals surface area contributed by atoms with Crippen molar-refractivity contribution in [1.29, 1.82) is 0 Å². The number of nitrogens with one attached hydrogen (secondary N) is 1. The van der Waals surface area contributed by atoms with Gasteiger partial charge < -0.3 is 5.73 Å². The fourth-order valence-corrected chi connectivity index (χ4v) is 4.26. The van der Waals surface area contributed by atoms with E-state index in [1.54, 1.807) is 0 Å². The summed E-state index contributed by atoms with van der Waals surface area (Å²) in [6, 6.07) is 13.4. The maximum Gasteiger partial charge on any atom is 0.248 e. The summed E-state index contributed by atoms with van der Waals surface area (Å²) in [4.78, 5) is 11.3. The fraction of sp³-hybridized carbons (Fsp3) is 0.381. The van der Waals surface area contributed by atoms with E-state index in [0.29, 0.717) is 5.92 Å². The first kappa shape index (κ1) is 21.1. The molecule has 0 saturated carbocycles. The van der Waals surface area contributed by atoms with Crippen molar-refractivity contribution < 1.29 is 13.2 Å². The molecule has 3 N–H and O–H groups in total. The van der Waals surface area contributed by atoms with Crippen LogP contribution >= 0.6 is 0 Å². The standard InChI is InChI=1S/C21H28N2O3S/c1-5-15(4)16-6-8-17(9-7-16)20(14(2)3)23-27(25,26)19-12-10-18(11-13-19)21(22)24/h6-15,20,23H,5H2,1-4H3,(H2,22,24). The molecule has 2 atom stereocenters. The van der Waals surface area contributed by atoms with Crippen molar-refractivity contribution in [3.05, 3.63) is 65.2 Å². The van der Waals surface area contributed by atoms with Gasteiger partial charge in [0.25, 0.3) is 0 Å². The minimum absolute atomic E-state index is 0.0686. The second kappa shape index (κ2) is 8.67. The van der Waals surface area contributed by atoms with E-state index in [1.165, 1.54) is 29.8 Å². The predicted molar refractivity (Wildman–Crippen MR) is 108 cm³/mol. The molecule has 2 rings (SSSR count). The van der Waals surface area contributed by atoms with Gasteiger partial charge in [-0.2, -0.15) is 0 Å². The molecule has 5 nitrogen and oxygen atoms in total. The summed E-state index contributed by atoms with van der Waals surface area (Å²) in [5.74, 6) is -0.0514. The zero-order chi connectivity index (χ0) is 20.2. The lowest BCUT2D eigenvalue weighted by Gasteiger charge is -2.23. The number of hydrogen-bond donors (Lipinski definition) is 2. The zero-order valence-electron chi connectivity index (χ0n) is 16.3. The lowest BCUT2D eigenvalue weighted by Crippen LogP contribution is -2.32. The third kappa shape index (κ3) is 5.17. The van der Waals surface area contributed by atoms with Crippen LogP contribution in [0.15, 0.2) is 53.4 Å². The van der Waals surface area contributed by atoms with E-state index in [9.17, 15) is 13.2 Å². The average molecular weight is 389 g/mol. The zero-order valence-corrected chi connectivity index (χ0v) is 17.1. The first-order chi connectivity index (χ1) is 12.7. The van der Waals surface area contributed by atoms with Crippen LogP contribution in [0, 0.1) is 5.92 Å². The second-order valence-electron chi connectivity index (χ2n) is 7.21. The van der Waals surface area contributed by atoms with Crippen molar-refractivity contribution in [3.8, 4) is 0 Å². The third-order valence-corrected chi connectivity index (χ3v) is 6.33. The highest BCUT2D eigenvalue weighted by Gasteiger charge is 2.24. The Morgan fingerprint density at radius 2 is 1.48 bits per heavy atom. The number of hydrogen-bond acceptors (Lipinski definition) is 3. The number of sulfonamides is 1. The van der Waals surface area contributed by atoms with Crippen LogP contribution in [-0.2, 0) is 10.0 Å². The van der Waals surface area contributed by atoms with Gasteiger partial charge in [0, 0.05) is 11.6 Å². The topological polar surface area (TPSA) is 89.3 Å². The van der Waals surface area contributed by atoms with Crippen molar-refractivity contribution in [1.82, 2.24) is 4.72 Å². The van der Waals surface area contributed by atoms with Gasteiger partial charge in [0.2, 0.25) is 15.9 Å². The molecule has 0 aliphatic heterocycles. The molecule has 0 heterocycles. The molecule has 1 amide bonds. The quantitative estimate of drug-likeness (QED) is 0.717. The summed E-state index contributed by atoms with van der Waals surface area (Å²) in [6.07, 6.45) is 1.06. The number of benzene rings is 2. The smallest absolute Gasteiger partial charge is 0.248 e. The predicted octanol–water partition coefficient (Wildman–Crippen LogP) is 3.97. The molecule has 27 heavy (non-hydrogen) atoms. The maximum atomic E-state index is 12.8. The van der Waals surface area contributed by atoms with Crippen LogP contribution in [0.1, 0.15) is 67.6 Å². The molecule has 2 aromatic rings. The minimum Gasteiger partial charge on any atom is -0.366 e. The van der Waals surface area contributed by atoms with Gasteiger partial charge in [-0.3, -0.25) is 4.79 Å². The highest BCUT2D eigenvalue weighted by Crippen LogP contribution is 2.27. The largest absolute Gasteiger partial charge is 0.366 e. The fourth-order valence-electron chi connectivity index (χ4n) is 2.89. The van der Waals surface area contributed by atoms with E-state index >= 15 is 0 Å². The normalized spacial score (nSPS) is 14.1. The number of rotatable bonds is 8. The van der Waals surface area contributed by atoms with Crippen molar-refractivity contribution in [3.63, 3.8) is 0 Å². The van der Waals surface area contributed by atoms with Crippen LogP contribution in [0.5, 0.6) is 0 Å². The van der Waals surface area contributed by atoms with E-state index in [2.05, 4.69) is 30.7 Å². The molecule has 6 heteroatoms. The van der Waals surface area contributed by atoms with E-state index in [-0.39, 0.29) is 22.4 Å². The Bertz CT molecular complexity index is 873. The minimum atomic E-state index is -3.73. The van der Waals surface area contributed by atoms with Crippen LogP contribution < -0.4 is 10.5 Å². The maximum absolute atomic E-state index is 12.8. The van der Waals surface area contributed by atoms with Crippen LogP contribution in [0.25, 0.3) is 0 Å². The number of nitrogens with two attached hydrogens (primary N) is 1. The Balaban J connectivity index is 2.27.